The Bertz CT molecular complexity index is 501. The number of rotatable bonds is 5. The summed E-state index contributed by atoms with van der Waals surface area (Å²) in [5.74, 6) is -1.38. The number of sulfonamides is 1. The molecule has 0 radical (unpaired) electrons. The average Bonchev–Trinajstić information content (AvgIpc) is 2.28. The lowest BCUT2D eigenvalue weighted by molar-refractivity contribution is -0.140. The Morgan fingerprint density at radius 2 is 2.06 bits per heavy atom. The first-order chi connectivity index (χ1) is 7.97. The zero-order valence-corrected chi connectivity index (χ0v) is 9.96. The summed E-state index contributed by atoms with van der Waals surface area (Å²) in [6.45, 7) is -0.136. The number of methoxy groups -OCH3 is 1. The van der Waals surface area contributed by atoms with Gasteiger partial charge in [-0.2, -0.15) is 0 Å². The number of halogens is 1. The van der Waals surface area contributed by atoms with Crippen molar-refractivity contribution >= 4 is 16.0 Å². The summed E-state index contributed by atoms with van der Waals surface area (Å²) in [6, 6.07) is 5.01. The molecule has 94 valence electrons. The molecule has 0 fully saturated rings. The molecule has 1 aromatic rings. The van der Waals surface area contributed by atoms with Gasteiger partial charge in [-0.25, -0.2) is 17.5 Å². The van der Waals surface area contributed by atoms with Crippen molar-refractivity contribution in [1.82, 2.24) is 4.72 Å². The van der Waals surface area contributed by atoms with Gasteiger partial charge >= 0.3 is 5.97 Å². The number of carbonyl (C=O) groups is 1. The zero-order chi connectivity index (χ0) is 12.9. The molecule has 1 aromatic carbocycles. The first-order valence-corrected chi connectivity index (χ1v) is 6.26. The molecule has 1 rings (SSSR count). The van der Waals surface area contributed by atoms with Gasteiger partial charge in [0.05, 0.1) is 13.5 Å². The first kappa shape index (κ1) is 13.6. The van der Waals surface area contributed by atoms with Crippen molar-refractivity contribution in [3.05, 3.63) is 30.1 Å². The fourth-order valence-corrected chi connectivity index (χ4v) is 2.24. The van der Waals surface area contributed by atoms with Crippen LogP contribution < -0.4 is 4.72 Å². The van der Waals surface area contributed by atoms with Crippen LogP contribution in [0.5, 0.6) is 0 Å². The highest BCUT2D eigenvalue weighted by molar-refractivity contribution is 7.89. The summed E-state index contributed by atoms with van der Waals surface area (Å²) >= 11 is 0. The molecule has 0 amide bonds. The normalized spacial score (nSPS) is 11.2. The number of esters is 1. The van der Waals surface area contributed by atoms with Crippen molar-refractivity contribution in [3.63, 3.8) is 0 Å². The van der Waals surface area contributed by atoms with Crippen LogP contribution in [0.15, 0.2) is 29.2 Å². The van der Waals surface area contributed by atoms with Crippen LogP contribution in [-0.4, -0.2) is 28.0 Å². The summed E-state index contributed by atoms with van der Waals surface area (Å²) in [6.07, 6.45) is -0.107. The highest BCUT2D eigenvalue weighted by atomic mass is 32.2. The summed E-state index contributed by atoms with van der Waals surface area (Å²) in [5.41, 5.74) is 0. The van der Waals surface area contributed by atoms with Crippen LogP contribution in [0.4, 0.5) is 4.39 Å². The Labute approximate surface area is 98.6 Å². The van der Waals surface area contributed by atoms with Crippen molar-refractivity contribution in [2.24, 2.45) is 0 Å². The van der Waals surface area contributed by atoms with Gasteiger partial charge in [0.2, 0.25) is 10.0 Å². The van der Waals surface area contributed by atoms with Crippen molar-refractivity contribution in [1.29, 1.82) is 0 Å². The molecule has 0 aliphatic rings. The summed E-state index contributed by atoms with van der Waals surface area (Å²) in [5, 5.41) is 0. The Morgan fingerprint density at radius 1 is 1.41 bits per heavy atom. The zero-order valence-electron chi connectivity index (χ0n) is 9.14. The number of hydrogen-bond acceptors (Lipinski definition) is 4. The molecule has 0 atom stereocenters. The standard InChI is InChI=1S/C10H12FNO4S/c1-16-10(13)6-7-12-17(14,15)9-5-3-2-4-8(9)11/h2-5,12H,6-7H2,1H3. The lowest BCUT2D eigenvalue weighted by atomic mass is 10.4. The average molecular weight is 261 g/mol. The van der Waals surface area contributed by atoms with Crippen molar-refractivity contribution in [3.8, 4) is 0 Å². The van der Waals surface area contributed by atoms with Gasteiger partial charge < -0.3 is 4.74 Å². The first-order valence-electron chi connectivity index (χ1n) is 4.78. The Kier molecular flexibility index (Phi) is 4.59. The van der Waals surface area contributed by atoms with Gasteiger partial charge in [0.1, 0.15) is 10.7 Å². The van der Waals surface area contributed by atoms with Crippen molar-refractivity contribution in [2.45, 2.75) is 11.3 Å². The molecular weight excluding hydrogens is 249 g/mol. The van der Waals surface area contributed by atoms with Crippen LogP contribution in [0.25, 0.3) is 0 Å². The van der Waals surface area contributed by atoms with Crippen LogP contribution in [0.3, 0.4) is 0 Å². The van der Waals surface area contributed by atoms with E-state index in [1.54, 1.807) is 0 Å². The minimum absolute atomic E-state index is 0.107. The van der Waals surface area contributed by atoms with Gasteiger partial charge in [0, 0.05) is 6.54 Å². The number of nitrogens with one attached hydrogen (secondary N) is 1. The lowest BCUT2D eigenvalue weighted by Crippen LogP contribution is -2.27. The molecule has 0 saturated carbocycles. The molecule has 0 bridgehead atoms. The molecule has 0 aromatic heterocycles. The number of ether oxygens (including phenoxy) is 1. The third-order valence-corrected chi connectivity index (χ3v) is 3.47. The maximum Gasteiger partial charge on any atom is 0.306 e. The predicted molar refractivity (Wildman–Crippen MR) is 58.2 cm³/mol. The van der Waals surface area contributed by atoms with E-state index in [9.17, 15) is 17.6 Å². The molecular formula is C10H12FNO4S. The Hall–Kier alpha value is -1.47. The monoisotopic (exact) mass is 261 g/mol. The van der Waals surface area contributed by atoms with Gasteiger partial charge in [0.25, 0.3) is 0 Å². The van der Waals surface area contributed by atoms with Gasteiger partial charge in [-0.05, 0) is 12.1 Å². The number of benzene rings is 1. The van der Waals surface area contributed by atoms with E-state index in [2.05, 4.69) is 9.46 Å². The van der Waals surface area contributed by atoms with Crippen molar-refractivity contribution in [2.75, 3.05) is 13.7 Å². The fraction of sp³-hybridized carbons (Fsp3) is 0.300. The highest BCUT2D eigenvalue weighted by Gasteiger charge is 2.18. The van der Waals surface area contributed by atoms with Crippen LogP contribution >= 0.6 is 0 Å². The quantitative estimate of drug-likeness (QED) is 0.791. The van der Waals surface area contributed by atoms with Crippen molar-refractivity contribution < 1.29 is 22.3 Å². The van der Waals surface area contributed by atoms with Crippen LogP contribution in [0.2, 0.25) is 0 Å². The smallest absolute Gasteiger partial charge is 0.306 e. The van der Waals surface area contributed by atoms with E-state index >= 15 is 0 Å². The van der Waals surface area contributed by atoms with Gasteiger partial charge in [0.15, 0.2) is 0 Å². The molecule has 0 saturated heterocycles. The van der Waals surface area contributed by atoms with Crippen LogP contribution in [0, 0.1) is 5.82 Å². The minimum atomic E-state index is -3.93. The second kappa shape index (κ2) is 5.74. The number of carbonyl (C=O) groups excluding carboxylic acids is 1. The molecule has 17 heavy (non-hydrogen) atoms. The molecule has 0 spiro atoms. The van der Waals surface area contributed by atoms with E-state index in [0.717, 1.165) is 12.1 Å². The Balaban J connectivity index is 2.70. The SMILES string of the molecule is COC(=O)CCNS(=O)(=O)c1ccccc1F. The van der Waals surface area contributed by atoms with Gasteiger partial charge in [-0.15, -0.1) is 0 Å². The predicted octanol–water partition coefficient (Wildman–Crippen LogP) is 0.667. The second-order valence-electron chi connectivity index (χ2n) is 3.15. The summed E-state index contributed by atoms with van der Waals surface area (Å²) in [4.78, 5) is 10.3. The van der Waals surface area contributed by atoms with E-state index in [0.29, 0.717) is 0 Å². The second-order valence-corrected chi connectivity index (χ2v) is 4.89. The Morgan fingerprint density at radius 3 is 2.65 bits per heavy atom. The van der Waals surface area contributed by atoms with Gasteiger partial charge in [-0.1, -0.05) is 12.1 Å². The molecule has 0 unspecified atom stereocenters. The van der Waals surface area contributed by atoms with Crippen LogP contribution in [0.1, 0.15) is 6.42 Å². The molecule has 5 nitrogen and oxygen atoms in total. The molecule has 0 aliphatic carbocycles. The van der Waals surface area contributed by atoms with E-state index in [4.69, 9.17) is 0 Å². The van der Waals surface area contributed by atoms with E-state index in [1.807, 2.05) is 0 Å². The lowest BCUT2D eigenvalue weighted by Gasteiger charge is -2.06. The third-order valence-electron chi connectivity index (χ3n) is 1.98. The molecule has 1 N–H and O–H groups in total. The fourth-order valence-electron chi connectivity index (χ4n) is 1.13. The van der Waals surface area contributed by atoms with Crippen LogP contribution in [-0.2, 0) is 19.6 Å². The maximum atomic E-state index is 13.2. The molecule has 0 aliphatic heterocycles. The number of hydrogen-bond donors (Lipinski definition) is 1. The van der Waals surface area contributed by atoms with E-state index in [1.165, 1.54) is 19.2 Å². The summed E-state index contributed by atoms with van der Waals surface area (Å²) in [7, 11) is -2.73. The minimum Gasteiger partial charge on any atom is -0.469 e. The highest BCUT2D eigenvalue weighted by Crippen LogP contribution is 2.12. The topological polar surface area (TPSA) is 72.5 Å². The van der Waals surface area contributed by atoms with E-state index < -0.39 is 26.7 Å². The van der Waals surface area contributed by atoms with E-state index in [-0.39, 0.29) is 13.0 Å². The maximum absolute atomic E-state index is 13.2. The summed E-state index contributed by atoms with van der Waals surface area (Å²) < 4.78 is 42.9. The molecule has 7 heteroatoms. The van der Waals surface area contributed by atoms with Gasteiger partial charge in [-0.3, -0.25) is 4.79 Å². The third kappa shape index (κ3) is 3.79. The molecule has 0 heterocycles. The largest absolute Gasteiger partial charge is 0.469 e.